The standard InChI is InChI=1S/C18H27NO5/c1-5-13(19-11-7-6-8-14(19)18(20)21)12-9-10-15(22-2)17(24-4)16(12)23-3/h9-10,13-14H,5-8,11H2,1-4H3,(H,20,21). The third-order valence-corrected chi connectivity index (χ3v) is 4.71. The first-order valence-corrected chi connectivity index (χ1v) is 8.36. The second-order valence-electron chi connectivity index (χ2n) is 5.94. The minimum Gasteiger partial charge on any atom is -0.493 e. The number of piperidine rings is 1. The first-order chi connectivity index (χ1) is 11.6. The second kappa shape index (κ2) is 8.24. The van der Waals surface area contributed by atoms with Crippen molar-refractivity contribution in [3.8, 4) is 17.2 Å². The molecule has 0 saturated carbocycles. The highest BCUT2D eigenvalue weighted by Gasteiger charge is 2.35. The van der Waals surface area contributed by atoms with Crippen molar-refractivity contribution < 1.29 is 24.1 Å². The number of hydrogen-bond acceptors (Lipinski definition) is 5. The Kier molecular flexibility index (Phi) is 6.31. The Hall–Kier alpha value is -1.95. The maximum atomic E-state index is 11.7. The van der Waals surface area contributed by atoms with Gasteiger partial charge in [-0.2, -0.15) is 0 Å². The SMILES string of the molecule is CCC(c1ccc(OC)c(OC)c1OC)N1CCCCC1C(=O)O. The zero-order valence-electron chi connectivity index (χ0n) is 14.9. The molecule has 6 nitrogen and oxygen atoms in total. The topological polar surface area (TPSA) is 68.2 Å². The number of methoxy groups -OCH3 is 3. The molecular formula is C18H27NO5. The summed E-state index contributed by atoms with van der Waals surface area (Å²) in [5, 5.41) is 9.59. The Morgan fingerprint density at radius 1 is 1.21 bits per heavy atom. The lowest BCUT2D eigenvalue weighted by atomic mass is 9.94. The smallest absolute Gasteiger partial charge is 0.320 e. The van der Waals surface area contributed by atoms with Crippen LogP contribution in [0.5, 0.6) is 17.2 Å². The Balaban J connectivity index is 2.48. The molecule has 1 aliphatic heterocycles. The molecule has 1 aliphatic rings. The van der Waals surface area contributed by atoms with Gasteiger partial charge < -0.3 is 19.3 Å². The minimum atomic E-state index is -0.757. The summed E-state index contributed by atoms with van der Waals surface area (Å²) in [5.74, 6) is 0.993. The maximum absolute atomic E-state index is 11.7. The van der Waals surface area contributed by atoms with Crippen LogP contribution in [-0.2, 0) is 4.79 Å². The number of rotatable bonds is 7. The van der Waals surface area contributed by atoms with Gasteiger partial charge in [0.2, 0.25) is 5.75 Å². The van der Waals surface area contributed by atoms with Gasteiger partial charge in [-0.1, -0.05) is 13.3 Å². The first-order valence-electron chi connectivity index (χ1n) is 8.36. The molecule has 24 heavy (non-hydrogen) atoms. The van der Waals surface area contributed by atoms with Crippen molar-refractivity contribution in [1.29, 1.82) is 0 Å². The zero-order chi connectivity index (χ0) is 17.7. The number of likely N-dealkylation sites (tertiary alicyclic amines) is 1. The Morgan fingerprint density at radius 2 is 1.92 bits per heavy atom. The van der Waals surface area contributed by atoms with Crippen LogP contribution in [0.3, 0.4) is 0 Å². The molecule has 1 aromatic carbocycles. The van der Waals surface area contributed by atoms with Gasteiger partial charge in [0.15, 0.2) is 11.5 Å². The predicted octanol–water partition coefficient (Wildman–Crippen LogP) is 3.10. The molecule has 134 valence electrons. The zero-order valence-corrected chi connectivity index (χ0v) is 14.9. The third kappa shape index (κ3) is 3.43. The molecular weight excluding hydrogens is 310 g/mol. The molecule has 0 spiro atoms. The summed E-state index contributed by atoms with van der Waals surface area (Å²) in [6.07, 6.45) is 3.43. The van der Waals surface area contributed by atoms with Gasteiger partial charge in [-0.3, -0.25) is 9.69 Å². The van der Waals surface area contributed by atoms with E-state index < -0.39 is 12.0 Å². The molecule has 1 heterocycles. The van der Waals surface area contributed by atoms with E-state index in [1.54, 1.807) is 21.3 Å². The number of benzene rings is 1. The van der Waals surface area contributed by atoms with E-state index in [2.05, 4.69) is 11.8 Å². The molecule has 0 bridgehead atoms. The van der Waals surface area contributed by atoms with Crippen LogP contribution in [0.2, 0.25) is 0 Å². The quantitative estimate of drug-likeness (QED) is 0.824. The normalized spacial score (nSPS) is 19.6. The maximum Gasteiger partial charge on any atom is 0.320 e. The fourth-order valence-electron chi connectivity index (χ4n) is 3.61. The highest BCUT2D eigenvalue weighted by atomic mass is 16.5. The summed E-state index contributed by atoms with van der Waals surface area (Å²) < 4.78 is 16.4. The van der Waals surface area contributed by atoms with E-state index in [0.29, 0.717) is 23.7 Å². The van der Waals surface area contributed by atoms with Crippen LogP contribution in [0.1, 0.15) is 44.2 Å². The summed E-state index contributed by atoms with van der Waals surface area (Å²) in [6, 6.07) is 3.30. The number of aliphatic carboxylic acids is 1. The Morgan fingerprint density at radius 3 is 2.46 bits per heavy atom. The van der Waals surface area contributed by atoms with Crippen molar-refractivity contribution in [2.45, 2.75) is 44.7 Å². The highest BCUT2D eigenvalue weighted by molar-refractivity contribution is 5.73. The van der Waals surface area contributed by atoms with Crippen molar-refractivity contribution in [2.24, 2.45) is 0 Å². The van der Waals surface area contributed by atoms with E-state index >= 15 is 0 Å². The Labute approximate surface area is 143 Å². The Bertz CT molecular complexity index is 575. The number of carboxylic acid groups (broad SMARTS) is 1. The van der Waals surface area contributed by atoms with E-state index in [9.17, 15) is 9.90 Å². The molecule has 1 saturated heterocycles. The molecule has 6 heteroatoms. The van der Waals surface area contributed by atoms with Gasteiger partial charge in [-0.25, -0.2) is 0 Å². The van der Waals surface area contributed by atoms with Crippen LogP contribution in [0.15, 0.2) is 12.1 Å². The molecule has 0 aliphatic carbocycles. The van der Waals surface area contributed by atoms with E-state index in [0.717, 1.165) is 31.4 Å². The summed E-state index contributed by atoms with van der Waals surface area (Å²) >= 11 is 0. The van der Waals surface area contributed by atoms with Crippen LogP contribution in [0.4, 0.5) is 0 Å². The third-order valence-electron chi connectivity index (χ3n) is 4.71. The highest BCUT2D eigenvalue weighted by Crippen LogP contribution is 2.45. The van der Waals surface area contributed by atoms with Crippen LogP contribution in [0.25, 0.3) is 0 Å². The van der Waals surface area contributed by atoms with E-state index in [1.165, 1.54) is 0 Å². The number of hydrogen-bond donors (Lipinski definition) is 1. The average molecular weight is 337 g/mol. The van der Waals surface area contributed by atoms with Crippen LogP contribution in [-0.4, -0.2) is 49.9 Å². The van der Waals surface area contributed by atoms with Gasteiger partial charge in [-0.15, -0.1) is 0 Å². The molecule has 2 atom stereocenters. The monoisotopic (exact) mass is 337 g/mol. The number of nitrogens with zero attached hydrogens (tertiary/aromatic N) is 1. The number of carbonyl (C=O) groups is 1. The number of carboxylic acids is 1. The fourth-order valence-corrected chi connectivity index (χ4v) is 3.61. The van der Waals surface area contributed by atoms with Crippen molar-refractivity contribution in [3.63, 3.8) is 0 Å². The van der Waals surface area contributed by atoms with Crippen molar-refractivity contribution in [3.05, 3.63) is 17.7 Å². The summed E-state index contributed by atoms with van der Waals surface area (Å²) in [5.41, 5.74) is 0.936. The number of ether oxygens (including phenoxy) is 3. The molecule has 0 amide bonds. The van der Waals surface area contributed by atoms with Gasteiger partial charge in [-0.05, 0) is 37.9 Å². The fraction of sp³-hybridized carbons (Fsp3) is 0.611. The van der Waals surface area contributed by atoms with E-state index in [4.69, 9.17) is 14.2 Å². The second-order valence-corrected chi connectivity index (χ2v) is 5.94. The lowest BCUT2D eigenvalue weighted by molar-refractivity contribution is -0.146. The molecule has 1 aromatic rings. The van der Waals surface area contributed by atoms with Crippen LogP contribution >= 0.6 is 0 Å². The lowest BCUT2D eigenvalue weighted by Crippen LogP contribution is -2.46. The van der Waals surface area contributed by atoms with Gasteiger partial charge in [0.1, 0.15) is 6.04 Å². The lowest BCUT2D eigenvalue weighted by Gasteiger charge is -2.39. The van der Waals surface area contributed by atoms with Gasteiger partial charge >= 0.3 is 5.97 Å². The van der Waals surface area contributed by atoms with Crippen molar-refractivity contribution >= 4 is 5.97 Å². The summed E-state index contributed by atoms with van der Waals surface area (Å²) in [7, 11) is 4.75. The predicted molar refractivity (Wildman–Crippen MR) is 91.1 cm³/mol. The van der Waals surface area contributed by atoms with E-state index in [-0.39, 0.29) is 6.04 Å². The molecule has 0 aromatic heterocycles. The van der Waals surface area contributed by atoms with Crippen molar-refractivity contribution in [1.82, 2.24) is 4.90 Å². The first kappa shape index (κ1) is 18.4. The van der Waals surface area contributed by atoms with Crippen LogP contribution in [0, 0.1) is 0 Å². The van der Waals surface area contributed by atoms with Crippen LogP contribution < -0.4 is 14.2 Å². The summed E-state index contributed by atoms with van der Waals surface area (Å²) in [6.45, 7) is 2.83. The largest absolute Gasteiger partial charge is 0.493 e. The molecule has 0 radical (unpaired) electrons. The van der Waals surface area contributed by atoms with Gasteiger partial charge in [0, 0.05) is 11.6 Å². The van der Waals surface area contributed by atoms with E-state index in [1.807, 2.05) is 12.1 Å². The molecule has 1 N–H and O–H groups in total. The molecule has 2 unspecified atom stereocenters. The van der Waals surface area contributed by atoms with Crippen molar-refractivity contribution in [2.75, 3.05) is 27.9 Å². The minimum absolute atomic E-state index is 0.0406. The average Bonchev–Trinajstić information content (AvgIpc) is 2.61. The summed E-state index contributed by atoms with van der Waals surface area (Å²) in [4.78, 5) is 13.8. The van der Waals surface area contributed by atoms with Gasteiger partial charge in [0.25, 0.3) is 0 Å². The molecule has 1 fully saturated rings. The van der Waals surface area contributed by atoms with Gasteiger partial charge in [0.05, 0.1) is 21.3 Å². The molecule has 2 rings (SSSR count).